The van der Waals surface area contributed by atoms with Crippen molar-refractivity contribution in [2.45, 2.75) is 30.1 Å². The molecule has 10 heteroatoms. The first kappa shape index (κ1) is 21.7. The quantitative estimate of drug-likeness (QED) is 0.766. The molecule has 2 atom stereocenters. The van der Waals surface area contributed by atoms with Crippen LogP contribution < -0.4 is 4.72 Å². The molecule has 1 N–H and O–H groups in total. The Hall–Kier alpha value is -2.04. The molecule has 29 heavy (non-hydrogen) atoms. The van der Waals surface area contributed by atoms with Crippen molar-refractivity contribution in [1.82, 2.24) is 4.31 Å². The van der Waals surface area contributed by atoms with E-state index in [-0.39, 0.29) is 22.4 Å². The Morgan fingerprint density at radius 3 is 2.10 bits per heavy atom. The van der Waals surface area contributed by atoms with Crippen LogP contribution in [-0.4, -0.2) is 34.2 Å². The summed E-state index contributed by atoms with van der Waals surface area (Å²) >= 11 is 0. The van der Waals surface area contributed by atoms with Crippen molar-refractivity contribution in [3.63, 3.8) is 0 Å². The highest BCUT2D eigenvalue weighted by molar-refractivity contribution is 7.92. The highest BCUT2D eigenvalue weighted by Gasteiger charge is 2.31. The Labute approximate surface area is 169 Å². The van der Waals surface area contributed by atoms with Crippen LogP contribution in [-0.2, 0) is 20.0 Å². The van der Waals surface area contributed by atoms with Gasteiger partial charge in [0.1, 0.15) is 16.5 Å². The molecule has 158 valence electrons. The van der Waals surface area contributed by atoms with Crippen molar-refractivity contribution in [3.05, 3.63) is 54.1 Å². The molecule has 0 radical (unpaired) electrons. The molecule has 1 heterocycles. The molecule has 1 aliphatic heterocycles. The maximum absolute atomic E-state index is 13.8. The van der Waals surface area contributed by atoms with Gasteiger partial charge in [-0.25, -0.2) is 25.6 Å². The van der Waals surface area contributed by atoms with E-state index in [9.17, 15) is 25.6 Å². The molecule has 3 rings (SSSR count). The molecule has 1 saturated heterocycles. The van der Waals surface area contributed by atoms with E-state index in [1.165, 1.54) is 28.6 Å². The van der Waals surface area contributed by atoms with Crippen LogP contribution >= 0.6 is 0 Å². The average molecular weight is 445 g/mol. The monoisotopic (exact) mass is 444 g/mol. The minimum atomic E-state index is -4.37. The van der Waals surface area contributed by atoms with Crippen molar-refractivity contribution in [2.24, 2.45) is 11.8 Å². The molecule has 0 aliphatic carbocycles. The van der Waals surface area contributed by atoms with E-state index in [2.05, 4.69) is 4.72 Å². The van der Waals surface area contributed by atoms with Crippen LogP contribution in [0.4, 0.5) is 14.5 Å². The Balaban J connectivity index is 1.82. The largest absolute Gasteiger partial charge is 0.280 e. The lowest BCUT2D eigenvalue weighted by atomic mass is 9.94. The second kappa shape index (κ2) is 8.00. The van der Waals surface area contributed by atoms with Crippen molar-refractivity contribution in [2.75, 3.05) is 17.8 Å². The molecule has 0 spiro atoms. The molecule has 0 saturated carbocycles. The summed E-state index contributed by atoms with van der Waals surface area (Å²) in [6, 6.07) is 7.25. The number of nitrogens with one attached hydrogen (secondary N) is 1. The Kier molecular flexibility index (Phi) is 5.98. The minimum Gasteiger partial charge on any atom is -0.280 e. The lowest BCUT2D eigenvalue weighted by Crippen LogP contribution is -2.42. The summed E-state index contributed by atoms with van der Waals surface area (Å²) in [6.07, 6.45) is 0.962. The van der Waals surface area contributed by atoms with Gasteiger partial charge in [-0.05, 0) is 60.7 Å². The normalized spacial score (nSPS) is 21.1. The average Bonchev–Trinajstić information content (AvgIpc) is 2.63. The minimum absolute atomic E-state index is 0.0352. The van der Waals surface area contributed by atoms with E-state index in [1.807, 2.05) is 13.8 Å². The van der Waals surface area contributed by atoms with Gasteiger partial charge in [0, 0.05) is 18.8 Å². The maximum Gasteiger partial charge on any atom is 0.264 e. The Bertz CT molecular complexity index is 1090. The molecule has 0 aromatic heterocycles. The molecular weight excluding hydrogens is 422 g/mol. The standard InChI is InChI=1S/C19H22F2N2O4S2/c1-13-9-14(2)12-23(11-13)29(26,27)17-6-4-16(5-7-17)22-28(24,25)19-10-15(20)3-8-18(19)21/h3-8,10,13-14,22H,9,11-12H2,1-2H3/t13-,14-/m1/s1. The van der Waals surface area contributed by atoms with Crippen LogP contribution in [0.3, 0.4) is 0 Å². The van der Waals surface area contributed by atoms with Crippen LogP contribution in [0.2, 0.25) is 0 Å². The third kappa shape index (κ3) is 4.76. The third-order valence-corrected chi connectivity index (χ3v) is 8.00. The van der Waals surface area contributed by atoms with Crippen LogP contribution in [0.25, 0.3) is 0 Å². The summed E-state index contributed by atoms with van der Waals surface area (Å²) in [6.45, 7) is 4.86. The van der Waals surface area contributed by atoms with E-state index in [0.29, 0.717) is 19.2 Å². The van der Waals surface area contributed by atoms with E-state index < -0.39 is 36.6 Å². The van der Waals surface area contributed by atoms with Gasteiger partial charge in [-0.15, -0.1) is 0 Å². The second-order valence-electron chi connectivity index (χ2n) is 7.47. The predicted molar refractivity (Wildman–Crippen MR) is 105 cm³/mol. The molecule has 1 aliphatic rings. The second-order valence-corrected chi connectivity index (χ2v) is 11.1. The van der Waals surface area contributed by atoms with Gasteiger partial charge < -0.3 is 0 Å². The number of rotatable bonds is 5. The van der Waals surface area contributed by atoms with Crippen molar-refractivity contribution >= 4 is 25.7 Å². The van der Waals surface area contributed by atoms with Gasteiger partial charge in [0.15, 0.2) is 0 Å². The molecule has 2 aromatic rings. The molecule has 0 unspecified atom stereocenters. The summed E-state index contributed by atoms with van der Waals surface area (Å²) in [5.41, 5.74) is 0.0352. The number of piperidine rings is 1. The Morgan fingerprint density at radius 1 is 0.931 bits per heavy atom. The highest BCUT2D eigenvalue weighted by Crippen LogP contribution is 2.28. The van der Waals surface area contributed by atoms with Crippen molar-refractivity contribution in [3.8, 4) is 0 Å². The number of hydrogen-bond donors (Lipinski definition) is 1. The number of halogens is 2. The van der Waals surface area contributed by atoms with E-state index in [1.54, 1.807) is 0 Å². The lowest BCUT2D eigenvalue weighted by Gasteiger charge is -2.34. The van der Waals surface area contributed by atoms with Gasteiger partial charge >= 0.3 is 0 Å². The number of hydrogen-bond acceptors (Lipinski definition) is 4. The summed E-state index contributed by atoms with van der Waals surface area (Å²) in [5.74, 6) is -1.48. The zero-order valence-corrected chi connectivity index (χ0v) is 17.6. The van der Waals surface area contributed by atoms with Crippen LogP contribution in [0, 0.1) is 23.5 Å². The number of nitrogens with zero attached hydrogens (tertiary/aromatic N) is 1. The lowest BCUT2D eigenvalue weighted by molar-refractivity contribution is 0.222. The van der Waals surface area contributed by atoms with E-state index in [0.717, 1.165) is 18.6 Å². The fourth-order valence-corrected chi connectivity index (χ4v) is 6.37. The van der Waals surface area contributed by atoms with Crippen molar-refractivity contribution in [1.29, 1.82) is 0 Å². The zero-order valence-electron chi connectivity index (χ0n) is 16.0. The first-order valence-electron chi connectivity index (χ1n) is 9.07. The number of benzene rings is 2. The van der Waals surface area contributed by atoms with E-state index >= 15 is 0 Å². The van der Waals surface area contributed by atoms with Crippen LogP contribution in [0.5, 0.6) is 0 Å². The molecule has 6 nitrogen and oxygen atoms in total. The fourth-order valence-electron chi connectivity index (χ4n) is 3.54. The molecule has 2 aromatic carbocycles. The maximum atomic E-state index is 13.8. The number of anilines is 1. The SMILES string of the molecule is C[C@@H]1C[C@@H](C)CN(S(=O)(=O)c2ccc(NS(=O)(=O)c3cc(F)ccc3F)cc2)C1. The van der Waals surface area contributed by atoms with Gasteiger partial charge in [0.05, 0.1) is 4.90 Å². The molecular formula is C19H22F2N2O4S2. The zero-order chi connectivity index (χ0) is 21.4. The molecule has 1 fully saturated rings. The van der Waals surface area contributed by atoms with E-state index in [4.69, 9.17) is 0 Å². The van der Waals surface area contributed by atoms with Gasteiger partial charge in [0.25, 0.3) is 10.0 Å². The Morgan fingerprint density at radius 2 is 1.52 bits per heavy atom. The van der Waals surface area contributed by atoms with Crippen molar-refractivity contribution < 1.29 is 25.6 Å². The first-order valence-corrected chi connectivity index (χ1v) is 12.0. The fraction of sp³-hybridized carbons (Fsp3) is 0.368. The van der Waals surface area contributed by atoms with Gasteiger partial charge in [-0.3, -0.25) is 4.72 Å². The van der Waals surface area contributed by atoms with Gasteiger partial charge in [-0.1, -0.05) is 13.8 Å². The van der Waals surface area contributed by atoms with Gasteiger partial charge in [0.2, 0.25) is 10.0 Å². The summed E-state index contributed by atoms with van der Waals surface area (Å²) in [7, 11) is -8.08. The van der Waals surface area contributed by atoms with Crippen LogP contribution in [0.15, 0.2) is 52.3 Å². The van der Waals surface area contributed by atoms with Crippen LogP contribution in [0.1, 0.15) is 20.3 Å². The highest BCUT2D eigenvalue weighted by atomic mass is 32.2. The third-order valence-electron chi connectivity index (χ3n) is 4.76. The topological polar surface area (TPSA) is 83.6 Å². The summed E-state index contributed by atoms with van der Waals surface area (Å²) in [5, 5.41) is 0. The summed E-state index contributed by atoms with van der Waals surface area (Å²) in [4.78, 5) is -0.788. The summed E-state index contributed by atoms with van der Waals surface area (Å²) < 4.78 is 81.1. The molecule has 0 bridgehead atoms. The number of sulfonamides is 2. The smallest absolute Gasteiger partial charge is 0.264 e. The predicted octanol–water partition coefficient (Wildman–Crippen LogP) is 3.43. The van der Waals surface area contributed by atoms with Gasteiger partial charge in [-0.2, -0.15) is 4.31 Å². The first-order chi connectivity index (χ1) is 13.5. The molecule has 0 amide bonds.